The van der Waals surface area contributed by atoms with Crippen LogP contribution in [-0.4, -0.2) is 46.4 Å². The van der Waals surface area contributed by atoms with Crippen molar-refractivity contribution in [3.8, 4) is 17.3 Å². The number of benzene rings is 2. The second-order valence-corrected chi connectivity index (χ2v) is 11.0. The first-order valence-corrected chi connectivity index (χ1v) is 13.9. The molecule has 4 N–H and O–H groups in total. The van der Waals surface area contributed by atoms with Crippen LogP contribution in [0, 0.1) is 11.6 Å². The zero-order valence-corrected chi connectivity index (χ0v) is 22.4. The van der Waals surface area contributed by atoms with Crippen molar-refractivity contribution in [2.75, 3.05) is 22.9 Å². The lowest BCUT2D eigenvalue weighted by molar-refractivity contribution is 0.103. The summed E-state index contributed by atoms with van der Waals surface area (Å²) in [5.41, 5.74) is 5.91. The number of rotatable bonds is 10. The number of nitrogens with one attached hydrogen (secondary N) is 2. The standard InChI is InChI=1S/C26H20ClF3N6O4S/c27-17-3-1-7-32-26(17)40-15-4-5-23(19(30)11-15)36-25(31)16(13-33-36)24(37)22-10-14-9-18(29)21(12-20(14)34-22)35-41(38,39)8-2-6-28/h1,3-5,7,9-13,34-35H,2,6,8,31H2. The van der Waals surface area contributed by atoms with Gasteiger partial charge in [0.2, 0.25) is 21.7 Å². The van der Waals surface area contributed by atoms with Crippen LogP contribution < -0.4 is 15.2 Å². The predicted molar refractivity (Wildman–Crippen MR) is 147 cm³/mol. The number of nitrogens with two attached hydrogens (primary N) is 1. The number of aromatic nitrogens is 4. The fourth-order valence-corrected chi connectivity index (χ4v) is 5.21. The summed E-state index contributed by atoms with van der Waals surface area (Å²) in [7, 11) is -3.98. The molecule has 0 saturated heterocycles. The van der Waals surface area contributed by atoms with Gasteiger partial charge in [-0.05, 0) is 48.9 Å². The minimum absolute atomic E-state index is 0.000420. The number of pyridine rings is 1. The van der Waals surface area contributed by atoms with E-state index in [0.29, 0.717) is 0 Å². The third kappa shape index (κ3) is 5.83. The Balaban J connectivity index is 1.39. The number of fused-ring (bicyclic) bond motifs is 1. The number of nitrogen functional groups attached to an aromatic ring is 1. The zero-order valence-electron chi connectivity index (χ0n) is 20.9. The molecule has 5 rings (SSSR count). The summed E-state index contributed by atoms with van der Waals surface area (Å²) >= 11 is 6.02. The Morgan fingerprint density at radius 3 is 2.68 bits per heavy atom. The molecule has 2 aromatic carbocycles. The monoisotopic (exact) mass is 604 g/mol. The summed E-state index contributed by atoms with van der Waals surface area (Å²) in [6.07, 6.45) is 2.39. The highest BCUT2D eigenvalue weighted by Gasteiger charge is 2.22. The molecule has 5 aromatic rings. The molecular weight excluding hydrogens is 585 g/mol. The number of ketones is 1. The smallest absolute Gasteiger partial charge is 0.238 e. The summed E-state index contributed by atoms with van der Waals surface area (Å²) in [5.74, 6) is -2.75. The van der Waals surface area contributed by atoms with Crippen molar-refractivity contribution in [3.05, 3.63) is 88.8 Å². The zero-order chi connectivity index (χ0) is 29.3. The highest BCUT2D eigenvalue weighted by atomic mass is 35.5. The number of ether oxygens (including phenoxy) is 1. The molecule has 0 amide bonds. The quantitative estimate of drug-likeness (QED) is 0.181. The molecule has 3 heterocycles. The molecule has 41 heavy (non-hydrogen) atoms. The van der Waals surface area contributed by atoms with E-state index in [1.165, 1.54) is 30.5 Å². The highest BCUT2D eigenvalue weighted by Crippen LogP contribution is 2.30. The van der Waals surface area contributed by atoms with Gasteiger partial charge >= 0.3 is 0 Å². The third-order valence-corrected chi connectivity index (χ3v) is 7.55. The van der Waals surface area contributed by atoms with Gasteiger partial charge in [-0.2, -0.15) is 5.10 Å². The van der Waals surface area contributed by atoms with E-state index in [1.54, 1.807) is 12.1 Å². The number of hydrogen-bond donors (Lipinski definition) is 3. The second kappa shape index (κ2) is 11.1. The lowest BCUT2D eigenvalue weighted by atomic mass is 10.1. The molecule has 0 radical (unpaired) electrons. The Hall–Kier alpha value is -4.56. The lowest BCUT2D eigenvalue weighted by Crippen LogP contribution is -2.17. The summed E-state index contributed by atoms with van der Waals surface area (Å²) in [6, 6.07) is 10.6. The SMILES string of the molecule is Nc1c(C(=O)c2cc3cc(F)c(NS(=O)(=O)CCCF)cc3[nH]2)cnn1-c1ccc(Oc2ncccc2Cl)cc1F. The van der Waals surface area contributed by atoms with Crippen LogP contribution in [0.1, 0.15) is 22.5 Å². The van der Waals surface area contributed by atoms with Gasteiger partial charge in [0.15, 0.2) is 5.82 Å². The summed E-state index contributed by atoms with van der Waals surface area (Å²) < 4.78 is 74.7. The van der Waals surface area contributed by atoms with Gasteiger partial charge in [0.05, 0.1) is 35.6 Å². The average Bonchev–Trinajstić information content (AvgIpc) is 3.51. The van der Waals surface area contributed by atoms with Gasteiger partial charge < -0.3 is 15.5 Å². The first-order valence-electron chi connectivity index (χ1n) is 11.9. The highest BCUT2D eigenvalue weighted by molar-refractivity contribution is 7.92. The van der Waals surface area contributed by atoms with Crippen LogP contribution in [0.3, 0.4) is 0 Å². The van der Waals surface area contributed by atoms with Crippen LogP contribution in [0.25, 0.3) is 16.6 Å². The maximum atomic E-state index is 15.0. The molecular formula is C26H20ClF3N6O4S. The molecule has 212 valence electrons. The van der Waals surface area contributed by atoms with Crippen LogP contribution in [0.4, 0.5) is 24.7 Å². The van der Waals surface area contributed by atoms with E-state index >= 15 is 4.39 Å². The number of carbonyl (C=O) groups excluding carboxylic acids is 1. The van der Waals surface area contributed by atoms with Crippen molar-refractivity contribution in [1.29, 1.82) is 0 Å². The maximum Gasteiger partial charge on any atom is 0.238 e. The van der Waals surface area contributed by atoms with Crippen LogP contribution in [-0.2, 0) is 10.0 Å². The number of H-pyrrole nitrogens is 1. The Morgan fingerprint density at radius 2 is 1.95 bits per heavy atom. The molecule has 3 aromatic heterocycles. The van der Waals surface area contributed by atoms with Gasteiger partial charge in [-0.15, -0.1) is 0 Å². The molecule has 0 spiro atoms. The fourth-order valence-electron chi connectivity index (χ4n) is 3.97. The van der Waals surface area contributed by atoms with Crippen molar-refractivity contribution in [2.45, 2.75) is 6.42 Å². The van der Waals surface area contributed by atoms with E-state index < -0.39 is 39.9 Å². The van der Waals surface area contributed by atoms with Crippen LogP contribution in [0.15, 0.2) is 60.9 Å². The van der Waals surface area contributed by atoms with E-state index in [4.69, 9.17) is 22.1 Å². The number of halogens is 4. The number of nitrogens with zero attached hydrogens (tertiary/aromatic N) is 3. The first kappa shape index (κ1) is 28.0. The molecule has 0 aliphatic heterocycles. The number of hydrogen-bond acceptors (Lipinski definition) is 7. The van der Waals surface area contributed by atoms with Crippen LogP contribution >= 0.6 is 11.6 Å². The van der Waals surface area contributed by atoms with E-state index in [0.717, 1.165) is 23.0 Å². The molecule has 0 bridgehead atoms. The normalized spacial score (nSPS) is 11.6. The molecule has 0 unspecified atom stereocenters. The lowest BCUT2D eigenvalue weighted by Gasteiger charge is -2.09. The van der Waals surface area contributed by atoms with E-state index in [1.807, 2.05) is 0 Å². The van der Waals surface area contributed by atoms with Gasteiger partial charge in [-0.3, -0.25) is 13.9 Å². The van der Waals surface area contributed by atoms with Crippen molar-refractivity contribution in [2.24, 2.45) is 0 Å². The number of sulfonamides is 1. The Kier molecular flexibility index (Phi) is 7.60. The average molecular weight is 605 g/mol. The Bertz CT molecular complexity index is 1890. The number of carbonyl (C=O) groups is 1. The Morgan fingerprint density at radius 1 is 1.15 bits per heavy atom. The van der Waals surface area contributed by atoms with Crippen molar-refractivity contribution in [3.63, 3.8) is 0 Å². The Labute approximate surface area is 236 Å². The molecule has 0 atom stereocenters. The van der Waals surface area contributed by atoms with Crippen molar-refractivity contribution < 1.29 is 31.1 Å². The molecule has 0 saturated carbocycles. The van der Waals surface area contributed by atoms with Crippen LogP contribution in [0.2, 0.25) is 5.02 Å². The largest absolute Gasteiger partial charge is 0.437 e. The van der Waals surface area contributed by atoms with Gasteiger partial charge in [0.25, 0.3) is 0 Å². The minimum Gasteiger partial charge on any atom is -0.437 e. The van der Waals surface area contributed by atoms with Gasteiger partial charge in [-0.25, -0.2) is 26.9 Å². The predicted octanol–water partition coefficient (Wildman–Crippen LogP) is 5.39. The first-order chi connectivity index (χ1) is 19.6. The van der Waals surface area contributed by atoms with Crippen molar-refractivity contribution in [1.82, 2.24) is 19.7 Å². The van der Waals surface area contributed by atoms with E-state index in [9.17, 15) is 22.0 Å². The fraction of sp³-hybridized carbons (Fsp3) is 0.115. The van der Waals surface area contributed by atoms with Crippen molar-refractivity contribution >= 4 is 49.8 Å². The molecule has 15 heteroatoms. The molecule has 0 aliphatic carbocycles. The van der Waals surface area contributed by atoms with E-state index in [-0.39, 0.29) is 62.4 Å². The second-order valence-electron chi connectivity index (χ2n) is 8.76. The van der Waals surface area contributed by atoms with Gasteiger partial charge in [0, 0.05) is 23.2 Å². The number of aromatic amines is 1. The molecule has 0 aliphatic rings. The number of anilines is 2. The minimum atomic E-state index is -3.98. The van der Waals surface area contributed by atoms with Crippen LogP contribution in [0.5, 0.6) is 11.6 Å². The molecule has 0 fully saturated rings. The maximum absolute atomic E-state index is 15.0. The topological polar surface area (TPSA) is 145 Å². The third-order valence-electron chi connectivity index (χ3n) is 5.90. The molecule has 10 nitrogen and oxygen atoms in total. The van der Waals surface area contributed by atoms with E-state index in [2.05, 4.69) is 19.8 Å². The van der Waals surface area contributed by atoms with Gasteiger partial charge in [0.1, 0.15) is 28.1 Å². The summed E-state index contributed by atoms with van der Waals surface area (Å²) in [5, 5.41) is 4.56. The summed E-state index contributed by atoms with van der Waals surface area (Å²) in [6.45, 7) is -0.835. The van der Waals surface area contributed by atoms with Gasteiger partial charge in [-0.1, -0.05) is 11.6 Å². The number of alkyl halides is 1. The summed E-state index contributed by atoms with van der Waals surface area (Å²) in [4.78, 5) is 20.0.